The van der Waals surface area contributed by atoms with Crippen molar-refractivity contribution in [2.24, 2.45) is 5.92 Å². The van der Waals surface area contributed by atoms with Gasteiger partial charge in [0, 0.05) is 6.04 Å². The summed E-state index contributed by atoms with van der Waals surface area (Å²) < 4.78 is 0. The first-order chi connectivity index (χ1) is 3.84. The molecule has 0 aromatic heterocycles. The van der Waals surface area contributed by atoms with Crippen LogP contribution in [0.5, 0.6) is 0 Å². The maximum absolute atomic E-state index is 3.40. The minimum atomic E-state index is 0.847. The molecule has 1 heterocycles. The average molecular weight is 113 g/mol. The lowest BCUT2D eigenvalue weighted by Crippen LogP contribution is -2.51. The smallest absolute Gasteiger partial charge is 0.0105 e. The molecule has 0 saturated carbocycles. The fraction of sp³-hybridized carbons (Fsp3) is 1.00. The SMILES string of the molecule is CCCC1NCC1C. The molecule has 0 radical (unpaired) electrons. The normalized spacial score (nSPS) is 36.8. The molecule has 8 heavy (non-hydrogen) atoms. The third-order valence-corrected chi connectivity index (χ3v) is 1.99. The summed E-state index contributed by atoms with van der Waals surface area (Å²) in [4.78, 5) is 0. The van der Waals surface area contributed by atoms with Crippen LogP contribution in [-0.4, -0.2) is 12.6 Å². The van der Waals surface area contributed by atoms with E-state index >= 15 is 0 Å². The third-order valence-electron chi connectivity index (χ3n) is 1.99. The van der Waals surface area contributed by atoms with Gasteiger partial charge in [0.25, 0.3) is 0 Å². The maximum Gasteiger partial charge on any atom is 0.0105 e. The van der Waals surface area contributed by atoms with Crippen LogP contribution in [0.3, 0.4) is 0 Å². The number of hydrogen-bond acceptors (Lipinski definition) is 1. The van der Waals surface area contributed by atoms with E-state index in [1.54, 1.807) is 0 Å². The summed E-state index contributed by atoms with van der Waals surface area (Å²) in [5, 5.41) is 3.40. The molecular formula is C7H15N. The minimum absolute atomic E-state index is 0.847. The van der Waals surface area contributed by atoms with E-state index in [-0.39, 0.29) is 0 Å². The fourth-order valence-corrected chi connectivity index (χ4v) is 1.22. The molecule has 1 heteroatoms. The van der Waals surface area contributed by atoms with Gasteiger partial charge in [-0.15, -0.1) is 0 Å². The van der Waals surface area contributed by atoms with E-state index in [1.807, 2.05) is 0 Å². The molecule has 1 fully saturated rings. The molecule has 2 atom stereocenters. The van der Waals surface area contributed by atoms with Gasteiger partial charge in [0.05, 0.1) is 0 Å². The lowest BCUT2D eigenvalue weighted by Gasteiger charge is -2.35. The Morgan fingerprint density at radius 3 is 2.50 bits per heavy atom. The van der Waals surface area contributed by atoms with Gasteiger partial charge in [0.2, 0.25) is 0 Å². The summed E-state index contributed by atoms with van der Waals surface area (Å²) in [6.07, 6.45) is 2.68. The Morgan fingerprint density at radius 2 is 2.38 bits per heavy atom. The largest absolute Gasteiger partial charge is 0.313 e. The minimum Gasteiger partial charge on any atom is -0.313 e. The number of hydrogen-bond donors (Lipinski definition) is 1. The number of nitrogens with one attached hydrogen (secondary N) is 1. The van der Waals surface area contributed by atoms with Gasteiger partial charge in [0.1, 0.15) is 0 Å². The predicted octanol–water partition coefficient (Wildman–Crippen LogP) is 1.39. The van der Waals surface area contributed by atoms with Crippen LogP contribution in [-0.2, 0) is 0 Å². The van der Waals surface area contributed by atoms with Crippen molar-refractivity contribution in [3.8, 4) is 0 Å². The van der Waals surface area contributed by atoms with E-state index in [0.29, 0.717) is 0 Å². The lowest BCUT2D eigenvalue weighted by molar-refractivity contribution is 0.238. The second-order valence-corrected chi connectivity index (χ2v) is 2.78. The summed E-state index contributed by atoms with van der Waals surface area (Å²) in [6.45, 7) is 5.80. The van der Waals surface area contributed by atoms with Crippen LogP contribution >= 0.6 is 0 Å². The van der Waals surface area contributed by atoms with Crippen LogP contribution in [0.2, 0.25) is 0 Å². The van der Waals surface area contributed by atoms with E-state index in [1.165, 1.54) is 19.4 Å². The van der Waals surface area contributed by atoms with Gasteiger partial charge in [-0.3, -0.25) is 0 Å². The molecule has 1 saturated heterocycles. The molecule has 0 spiro atoms. The van der Waals surface area contributed by atoms with Crippen molar-refractivity contribution in [1.82, 2.24) is 5.32 Å². The Morgan fingerprint density at radius 1 is 1.62 bits per heavy atom. The Kier molecular flexibility index (Phi) is 1.90. The van der Waals surface area contributed by atoms with Crippen molar-refractivity contribution in [2.45, 2.75) is 32.7 Å². The van der Waals surface area contributed by atoms with Gasteiger partial charge in [-0.05, 0) is 18.9 Å². The van der Waals surface area contributed by atoms with Gasteiger partial charge in [-0.1, -0.05) is 20.3 Å². The lowest BCUT2D eigenvalue weighted by atomic mass is 9.90. The molecule has 1 nitrogen and oxygen atoms in total. The van der Waals surface area contributed by atoms with Gasteiger partial charge in [0.15, 0.2) is 0 Å². The van der Waals surface area contributed by atoms with Crippen molar-refractivity contribution in [3.63, 3.8) is 0 Å². The van der Waals surface area contributed by atoms with E-state index in [9.17, 15) is 0 Å². The highest BCUT2D eigenvalue weighted by atomic mass is 15.0. The molecule has 1 aliphatic rings. The summed E-state index contributed by atoms with van der Waals surface area (Å²) >= 11 is 0. The van der Waals surface area contributed by atoms with Gasteiger partial charge in [-0.25, -0.2) is 0 Å². The van der Waals surface area contributed by atoms with Gasteiger partial charge < -0.3 is 5.32 Å². The molecular weight excluding hydrogens is 98.1 g/mol. The summed E-state index contributed by atoms with van der Waals surface area (Å²) in [5.41, 5.74) is 0. The quantitative estimate of drug-likeness (QED) is 0.570. The van der Waals surface area contributed by atoms with Crippen molar-refractivity contribution < 1.29 is 0 Å². The molecule has 0 amide bonds. The van der Waals surface area contributed by atoms with Crippen LogP contribution in [0, 0.1) is 5.92 Å². The highest BCUT2D eigenvalue weighted by molar-refractivity contribution is 4.83. The average Bonchev–Trinajstić information content (AvgIpc) is 1.79. The van der Waals surface area contributed by atoms with E-state index in [2.05, 4.69) is 19.2 Å². The Hall–Kier alpha value is -0.0400. The Labute approximate surface area is 51.5 Å². The fourth-order valence-electron chi connectivity index (χ4n) is 1.22. The Bertz CT molecular complexity index is 70.8. The molecule has 0 aromatic carbocycles. The third kappa shape index (κ3) is 1.03. The Balaban J connectivity index is 2.08. The second-order valence-electron chi connectivity index (χ2n) is 2.78. The van der Waals surface area contributed by atoms with Crippen LogP contribution in [0.25, 0.3) is 0 Å². The number of rotatable bonds is 2. The van der Waals surface area contributed by atoms with Gasteiger partial charge in [-0.2, -0.15) is 0 Å². The van der Waals surface area contributed by atoms with Crippen LogP contribution < -0.4 is 5.32 Å². The first-order valence-electron chi connectivity index (χ1n) is 3.58. The van der Waals surface area contributed by atoms with E-state index < -0.39 is 0 Å². The molecule has 2 unspecified atom stereocenters. The monoisotopic (exact) mass is 113 g/mol. The standard InChI is InChI=1S/C7H15N/c1-3-4-7-6(2)5-8-7/h6-8H,3-5H2,1-2H3. The summed E-state index contributed by atoms with van der Waals surface area (Å²) in [6, 6.07) is 0.847. The highest BCUT2D eigenvalue weighted by Crippen LogP contribution is 2.15. The molecule has 0 aromatic rings. The van der Waals surface area contributed by atoms with Crippen molar-refractivity contribution in [2.75, 3.05) is 6.54 Å². The highest BCUT2D eigenvalue weighted by Gasteiger charge is 2.23. The van der Waals surface area contributed by atoms with Crippen molar-refractivity contribution in [3.05, 3.63) is 0 Å². The summed E-state index contributed by atoms with van der Waals surface area (Å²) in [5.74, 6) is 0.940. The van der Waals surface area contributed by atoms with Crippen LogP contribution in [0.4, 0.5) is 0 Å². The molecule has 1 N–H and O–H groups in total. The predicted molar refractivity (Wildman–Crippen MR) is 35.9 cm³/mol. The van der Waals surface area contributed by atoms with Crippen LogP contribution in [0.15, 0.2) is 0 Å². The first-order valence-corrected chi connectivity index (χ1v) is 3.58. The first kappa shape index (κ1) is 6.09. The van der Waals surface area contributed by atoms with Crippen LogP contribution in [0.1, 0.15) is 26.7 Å². The second kappa shape index (κ2) is 2.49. The molecule has 1 rings (SSSR count). The molecule has 0 aliphatic carbocycles. The maximum atomic E-state index is 3.40. The molecule has 48 valence electrons. The zero-order chi connectivity index (χ0) is 5.98. The van der Waals surface area contributed by atoms with Crippen molar-refractivity contribution in [1.29, 1.82) is 0 Å². The summed E-state index contributed by atoms with van der Waals surface area (Å²) in [7, 11) is 0. The topological polar surface area (TPSA) is 12.0 Å². The van der Waals surface area contributed by atoms with E-state index in [0.717, 1.165) is 12.0 Å². The molecule has 0 bridgehead atoms. The van der Waals surface area contributed by atoms with Crippen molar-refractivity contribution >= 4 is 0 Å². The zero-order valence-electron chi connectivity index (χ0n) is 5.78. The zero-order valence-corrected chi connectivity index (χ0v) is 5.78. The molecule has 1 aliphatic heterocycles. The van der Waals surface area contributed by atoms with Gasteiger partial charge >= 0.3 is 0 Å². The van der Waals surface area contributed by atoms with E-state index in [4.69, 9.17) is 0 Å².